The first kappa shape index (κ1) is 20.1. The highest BCUT2D eigenvalue weighted by molar-refractivity contribution is 7.07. The highest BCUT2D eigenvalue weighted by atomic mass is 32.1. The number of morpholine rings is 1. The van der Waals surface area contributed by atoms with E-state index in [0.29, 0.717) is 42.0 Å². The molecule has 0 spiro atoms. The summed E-state index contributed by atoms with van der Waals surface area (Å²) < 4.78 is 7.73. The second kappa shape index (κ2) is 8.55. The molecule has 1 saturated heterocycles. The normalized spacial score (nSPS) is 16.1. The van der Waals surface area contributed by atoms with Gasteiger partial charge in [-0.25, -0.2) is 0 Å². The lowest BCUT2D eigenvalue weighted by atomic mass is 10.1. The maximum absolute atomic E-state index is 12.9. The molecule has 7 heteroatoms. The maximum Gasteiger partial charge on any atom is 0.269 e. The van der Waals surface area contributed by atoms with Crippen molar-refractivity contribution >= 4 is 28.9 Å². The number of carbonyl (C=O) groups is 1. The fourth-order valence-corrected chi connectivity index (χ4v) is 4.38. The molecular weight excluding hydrogens is 374 g/mol. The molecular formula is C21H23N3O3S. The number of aryl methyl sites for hydroxylation is 2. The predicted molar refractivity (Wildman–Crippen MR) is 109 cm³/mol. The average Bonchev–Trinajstić information content (AvgIpc) is 3.00. The van der Waals surface area contributed by atoms with Crippen LogP contribution in [0.2, 0.25) is 0 Å². The van der Waals surface area contributed by atoms with Gasteiger partial charge in [-0.2, -0.15) is 5.26 Å². The largest absolute Gasteiger partial charge is 0.378 e. The minimum Gasteiger partial charge on any atom is -0.378 e. The van der Waals surface area contributed by atoms with Crippen molar-refractivity contribution < 1.29 is 9.53 Å². The molecule has 0 N–H and O–H groups in total. The van der Waals surface area contributed by atoms with Crippen molar-refractivity contribution in [3.8, 4) is 6.07 Å². The number of amides is 1. The Bertz CT molecular complexity index is 1120. The Labute approximate surface area is 167 Å². The molecule has 146 valence electrons. The first-order chi connectivity index (χ1) is 13.5. The molecule has 2 heterocycles. The number of benzene rings is 1. The quantitative estimate of drug-likeness (QED) is 0.772. The second-order valence-electron chi connectivity index (χ2n) is 6.72. The van der Waals surface area contributed by atoms with Crippen molar-refractivity contribution in [2.24, 2.45) is 0 Å². The Kier molecular flexibility index (Phi) is 6.12. The minimum absolute atomic E-state index is 0.0196. The summed E-state index contributed by atoms with van der Waals surface area (Å²) in [6, 6.07) is 8.08. The second-order valence-corrected chi connectivity index (χ2v) is 7.75. The summed E-state index contributed by atoms with van der Waals surface area (Å²) in [5.74, 6) is -0.340. The number of ether oxygens (including phenoxy) is 1. The van der Waals surface area contributed by atoms with E-state index in [9.17, 15) is 14.9 Å². The van der Waals surface area contributed by atoms with Gasteiger partial charge in [0, 0.05) is 19.6 Å². The number of aromatic nitrogens is 1. The zero-order valence-electron chi connectivity index (χ0n) is 16.3. The topological polar surface area (TPSA) is 75.3 Å². The molecule has 3 rings (SSSR count). The average molecular weight is 398 g/mol. The Balaban J connectivity index is 2.18. The summed E-state index contributed by atoms with van der Waals surface area (Å²) in [5, 5.41) is 9.68. The van der Waals surface area contributed by atoms with Gasteiger partial charge < -0.3 is 9.64 Å². The monoisotopic (exact) mass is 397 g/mol. The Morgan fingerprint density at radius 2 is 2.04 bits per heavy atom. The maximum atomic E-state index is 12.9. The predicted octanol–water partition coefficient (Wildman–Crippen LogP) is 0.908. The van der Waals surface area contributed by atoms with E-state index >= 15 is 0 Å². The van der Waals surface area contributed by atoms with Crippen LogP contribution in [0.1, 0.15) is 23.6 Å². The number of hydrogen-bond acceptors (Lipinski definition) is 5. The third-order valence-electron chi connectivity index (χ3n) is 4.77. The van der Waals surface area contributed by atoms with Crippen LogP contribution in [0.25, 0.3) is 11.6 Å². The van der Waals surface area contributed by atoms with Gasteiger partial charge in [0.05, 0.1) is 17.7 Å². The van der Waals surface area contributed by atoms with Crippen LogP contribution in [-0.2, 0) is 16.1 Å². The number of thiazole rings is 1. The van der Waals surface area contributed by atoms with Crippen molar-refractivity contribution in [3.63, 3.8) is 0 Å². The first-order valence-electron chi connectivity index (χ1n) is 9.26. The third kappa shape index (κ3) is 3.93. The Morgan fingerprint density at radius 1 is 1.32 bits per heavy atom. The van der Waals surface area contributed by atoms with E-state index in [1.165, 1.54) is 15.9 Å². The van der Waals surface area contributed by atoms with Crippen LogP contribution in [-0.4, -0.2) is 41.7 Å². The SMILES string of the molecule is CCn1c(=O)/c(=C\c2ccc(C)cc2C)s/c1=C(/C#N)C(=O)N1CCOCC1. The van der Waals surface area contributed by atoms with Gasteiger partial charge in [-0.1, -0.05) is 23.8 Å². The summed E-state index contributed by atoms with van der Waals surface area (Å²) in [7, 11) is 0. The van der Waals surface area contributed by atoms with Crippen molar-refractivity contribution in [1.29, 1.82) is 5.26 Å². The van der Waals surface area contributed by atoms with Gasteiger partial charge in [0.2, 0.25) is 0 Å². The standard InChI is InChI=1S/C21H23N3O3S/c1-4-24-20(26)18(12-16-6-5-14(2)11-15(16)3)28-21(24)17(13-22)19(25)23-7-9-27-10-8-23/h5-6,11-12H,4,7-10H2,1-3H3/b18-12+,21-17-. The molecule has 1 fully saturated rings. The van der Waals surface area contributed by atoms with Gasteiger partial charge in [-0.15, -0.1) is 11.3 Å². The van der Waals surface area contributed by atoms with E-state index < -0.39 is 0 Å². The van der Waals surface area contributed by atoms with Crippen molar-refractivity contribution in [3.05, 3.63) is 54.4 Å². The summed E-state index contributed by atoms with van der Waals surface area (Å²) in [6.07, 6.45) is 1.84. The molecule has 0 bridgehead atoms. The van der Waals surface area contributed by atoms with Gasteiger partial charge in [0.25, 0.3) is 11.5 Å². The molecule has 0 aliphatic carbocycles. The summed E-state index contributed by atoms with van der Waals surface area (Å²) >= 11 is 1.20. The van der Waals surface area contributed by atoms with Gasteiger partial charge in [0.15, 0.2) is 5.57 Å². The zero-order chi connectivity index (χ0) is 20.3. The van der Waals surface area contributed by atoms with Crippen LogP contribution in [0.3, 0.4) is 0 Å². The summed E-state index contributed by atoms with van der Waals surface area (Å²) in [6.45, 7) is 8.08. The van der Waals surface area contributed by atoms with Crippen LogP contribution < -0.4 is 14.8 Å². The van der Waals surface area contributed by atoms with Gasteiger partial charge >= 0.3 is 0 Å². The Hall–Kier alpha value is -2.69. The molecule has 1 amide bonds. The molecule has 6 nitrogen and oxygen atoms in total. The fraction of sp³-hybridized carbons (Fsp3) is 0.381. The molecule has 28 heavy (non-hydrogen) atoms. The molecule has 1 aliphatic heterocycles. The number of carbonyl (C=O) groups excluding carboxylic acids is 1. The zero-order valence-corrected chi connectivity index (χ0v) is 17.1. The van der Waals surface area contributed by atoms with Crippen molar-refractivity contribution in [1.82, 2.24) is 9.47 Å². The number of hydrogen-bond donors (Lipinski definition) is 0. The van der Waals surface area contributed by atoms with E-state index in [0.717, 1.165) is 16.7 Å². The van der Waals surface area contributed by atoms with Crippen LogP contribution in [0.15, 0.2) is 23.0 Å². The fourth-order valence-electron chi connectivity index (χ4n) is 3.23. The van der Waals surface area contributed by atoms with E-state index in [4.69, 9.17) is 4.74 Å². The highest BCUT2D eigenvalue weighted by Gasteiger charge is 2.23. The molecule has 0 atom stereocenters. The molecule has 0 saturated carbocycles. The van der Waals surface area contributed by atoms with Crippen molar-refractivity contribution in [2.75, 3.05) is 26.3 Å². The lowest BCUT2D eigenvalue weighted by Gasteiger charge is -2.26. The third-order valence-corrected chi connectivity index (χ3v) is 5.90. The summed E-state index contributed by atoms with van der Waals surface area (Å²) in [5.41, 5.74) is 3.03. The van der Waals surface area contributed by atoms with Crippen LogP contribution in [0, 0.1) is 25.2 Å². The van der Waals surface area contributed by atoms with Gasteiger partial charge in [0.1, 0.15) is 10.7 Å². The molecule has 1 aliphatic rings. The van der Waals surface area contributed by atoms with Crippen LogP contribution in [0.4, 0.5) is 0 Å². The number of nitriles is 1. The number of rotatable bonds is 3. The molecule has 0 unspecified atom stereocenters. The molecule has 1 aromatic heterocycles. The van der Waals surface area contributed by atoms with Crippen LogP contribution in [0.5, 0.6) is 0 Å². The number of nitrogens with zero attached hydrogens (tertiary/aromatic N) is 3. The lowest BCUT2D eigenvalue weighted by Crippen LogP contribution is -2.42. The first-order valence-corrected chi connectivity index (χ1v) is 10.1. The van der Waals surface area contributed by atoms with E-state index in [2.05, 4.69) is 6.07 Å². The van der Waals surface area contributed by atoms with E-state index in [1.54, 1.807) is 4.90 Å². The molecule has 0 radical (unpaired) electrons. The minimum atomic E-state index is -0.340. The van der Waals surface area contributed by atoms with Crippen molar-refractivity contribution in [2.45, 2.75) is 27.3 Å². The Morgan fingerprint density at radius 3 is 2.64 bits per heavy atom. The summed E-state index contributed by atoms with van der Waals surface area (Å²) in [4.78, 5) is 27.4. The lowest BCUT2D eigenvalue weighted by molar-refractivity contribution is -0.128. The molecule has 2 aromatic rings. The van der Waals surface area contributed by atoms with Crippen LogP contribution >= 0.6 is 11.3 Å². The van der Waals surface area contributed by atoms with Gasteiger partial charge in [-0.3, -0.25) is 14.2 Å². The van der Waals surface area contributed by atoms with Gasteiger partial charge in [-0.05, 0) is 38.0 Å². The van der Waals surface area contributed by atoms with E-state index in [-0.39, 0.29) is 17.0 Å². The smallest absolute Gasteiger partial charge is 0.269 e. The highest BCUT2D eigenvalue weighted by Crippen LogP contribution is 2.11. The molecule has 1 aromatic carbocycles. The van der Waals surface area contributed by atoms with E-state index in [1.807, 2.05) is 45.0 Å².